The van der Waals surface area contributed by atoms with Crippen molar-refractivity contribution in [3.63, 3.8) is 0 Å². The molecule has 3 rings (SSSR count). The number of aryl methyl sites for hydroxylation is 1. The van der Waals surface area contributed by atoms with Crippen molar-refractivity contribution < 1.29 is 0 Å². The van der Waals surface area contributed by atoms with E-state index in [-0.39, 0.29) is 0 Å². The highest BCUT2D eigenvalue weighted by Crippen LogP contribution is 2.21. The van der Waals surface area contributed by atoms with Crippen LogP contribution in [0.25, 0.3) is 10.8 Å². The summed E-state index contributed by atoms with van der Waals surface area (Å²) in [5.41, 5.74) is 8.43. The summed E-state index contributed by atoms with van der Waals surface area (Å²) in [6, 6.07) is 17.6. The first kappa shape index (κ1) is 19.4. The summed E-state index contributed by atoms with van der Waals surface area (Å²) < 4.78 is 0. The molecule has 0 amide bonds. The fourth-order valence-electron chi connectivity index (χ4n) is 3.10. The summed E-state index contributed by atoms with van der Waals surface area (Å²) in [5.74, 6) is 3.38. The van der Waals surface area contributed by atoms with Gasteiger partial charge in [-0.1, -0.05) is 69.2 Å². The zero-order chi connectivity index (χ0) is 19.3. The van der Waals surface area contributed by atoms with Crippen LogP contribution in [-0.2, 0) is 12.8 Å². The van der Waals surface area contributed by atoms with Crippen molar-refractivity contribution in [2.45, 2.75) is 52.2 Å². The Bertz CT molecular complexity index is 969. The third kappa shape index (κ3) is 5.55. The maximum Gasteiger partial charge on any atom is 0.129 e. The van der Waals surface area contributed by atoms with Crippen molar-refractivity contribution in [1.82, 2.24) is 4.98 Å². The molecular formula is C25H29NSi. The molecular weight excluding hydrogens is 342 g/mol. The number of rotatable bonds is 5. The van der Waals surface area contributed by atoms with Crippen LogP contribution < -0.4 is 0 Å². The average Bonchev–Trinajstić information content (AvgIpc) is 2.65. The normalized spacial score (nSPS) is 11.3. The van der Waals surface area contributed by atoms with E-state index in [4.69, 9.17) is 0 Å². The van der Waals surface area contributed by atoms with Gasteiger partial charge in [0.25, 0.3) is 0 Å². The molecule has 1 aromatic heterocycles. The van der Waals surface area contributed by atoms with E-state index < -0.39 is 8.07 Å². The van der Waals surface area contributed by atoms with Crippen LogP contribution in [0.5, 0.6) is 0 Å². The highest BCUT2D eigenvalue weighted by Gasteiger charge is 2.08. The lowest BCUT2D eigenvalue weighted by atomic mass is 10.00. The minimum absolute atomic E-state index is 0.857. The highest BCUT2D eigenvalue weighted by atomic mass is 28.3. The molecule has 0 saturated carbocycles. The largest absolute Gasteiger partial charge is 0.260 e. The molecule has 0 saturated heterocycles. The maximum absolute atomic E-state index is 4.68. The standard InChI is InChI=1S/C25H29NSi/c1-5-6-7-20-8-10-21(11-9-20)19-25-24-18-22(15-17-27(2,3)4)12-13-23(24)14-16-26-25/h8-14,16,18H,5-7,19H2,1-4H3. The lowest BCUT2D eigenvalue weighted by Crippen LogP contribution is -2.16. The quantitative estimate of drug-likeness (QED) is 0.374. The first-order valence-electron chi connectivity index (χ1n) is 9.93. The molecule has 0 spiro atoms. The predicted molar refractivity (Wildman–Crippen MR) is 120 cm³/mol. The lowest BCUT2D eigenvalue weighted by Gasteiger charge is -2.08. The summed E-state index contributed by atoms with van der Waals surface area (Å²) in [6.07, 6.45) is 6.44. The summed E-state index contributed by atoms with van der Waals surface area (Å²) in [4.78, 5) is 4.68. The van der Waals surface area contributed by atoms with E-state index in [0.717, 1.165) is 17.7 Å². The predicted octanol–water partition coefficient (Wildman–Crippen LogP) is 6.40. The molecule has 0 atom stereocenters. The van der Waals surface area contributed by atoms with Gasteiger partial charge in [-0.05, 0) is 47.6 Å². The topological polar surface area (TPSA) is 12.9 Å². The first-order valence-corrected chi connectivity index (χ1v) is 13.4. The smallest absolute Gasteiger partial charge is 0.129 e. The van der Waals surface area contributed by atoms with Crippen LogP contribution in [0.2, 0.25) is 19.6 Å². The molecule has 138 valence electrons. The Kier molecular flexibility index (Phi) is 6.14. The van der Waals surface area contributed by atoms with Crippen LogP contribution in [0.3, 0.4) is 0 Å². The van der Waals surface area contributed by atoms with Crippen LogP contribution in [-0.4, -0.2) is 13.1 Å². The molecule has 0 unspecified atom stereocenters. The van der Waals surface area contributed by atoms with Gasteiger partial charge in [-0.15, -0.1) is 5.54 Å². The molecule has 0 aliphatic heterocycles. The number of fused-ring (bicyclic) bond motifs is 1. The molecule has 1 nitrogen and oxygen atoms in total. The van der Waals surface area contributed by atoms with Gasteiger partial charge >= 0.3 is 0 Å². The van der Waals surface area contributed by atoms with Gasteiger partial charge in [-0.2, -0.15) is 0 Å². The van der Waals surface area contributed by atoms with Crippen LogP contribution in [0.4, 0.5) is 0 Å². The second-order valence-electron chi connectivity index (χ2n) is 8.29. The second-order valence-corrected chi connectivity index (χ2v) is 13.0. The zero-order valence-electron chi connectivity index (χ0n) is 17.0. The van der Waals surface area contributed by atoms with E-state index >= 15 is 0 Å². The molecule has 0 radical (unpaired) electrons. The van der Waals surface area contributed by atoms with Crippen molar-refractivity contribution in [3.05, 3.63) is 77.1 Å². The lowest BCUT2D eigenvalue weighted by molar-refractivity contribution is 0.794. The Morgan fingerprint density at radius 1 is 0.926 bits per heavy atom. The number of hydrogen-bond acceptors (Lipinski definition) is 1. The van der Waals surface area contributed by atoms with Gasteiger partial charge in [0.05, 0.1) is 5.69 Å². The Hall–Kier alpha value is -2.37. The number of aromatic nitrogens is 1. The van der Waals surface area contributed by atoms with E-state index in [1.54, 1.807) is 0 Å². The average molecular weight is 372 g/mol. The zero-order valence-corrected chi connectivity index (χ0v) is 18.0. The first-order chi connectivity index (χ1) is 12.9. The van der Waals surface area contributed by atoms with E-state index in [2.05, 4.69) is 91.5 Å². The van der Waals surface area contributed by atoms with Crippen LogP contribution in [0, 0.1) is 11.5 Å². The molecule has 3 aromatic rings. The fraction of sp³-hybridized carbons (Fsp3) is 0.320. The Morgan fingerprint density at radius 2 is 1.67 bits per heavy atom. The highest BCUT2D eigenvalue weighted by molar-refractivity contribution is 6.83. The van der Waals surface area contributed by atoms with Crippen molar-refractivity contribution >= 4 is 18.8 Å². The molecule has 27 heavy (non-hydrogen) atoms. The van der Waals surface area contributed by atoms with Crippen molar-refractivity contribution in [1.29, 1.82) is 0 Å². The minimum Gasteiger partial charge on any atom is -0.260 e. The summed E-state index contributed by atoms with van der Waals surface area (Å²) in [6.45, 7) is 9.07. The van der Waals surface area contributed by atoms with Gasteiger partial charge in [0, 0.05) is 23.6 Å². The summed E-state index contributed by atoms with van der Waals surface area (Å²) in [7, 11) is -1.37. The Morgan fingerprint density at radius 3 is 2.37 bits per heavy atom. The fourth-order valence-corrected chi connectivity index (χ4v) is 3.62. The van der Waals surface area contributed by atoms with E-state index in [1.165, 1.54) is 41.2 Å². The summed E-state index contributed by atoms with van der Waals surface area (Å²) in [5, 5.41) is 2.45. The second kappa shape index (κ2) is 8.54. The van der Waals surface area contributed by atoms with Gasteiger partial charge in [0.15, 0.2) is 0 Å². The van der Waals surface area contributed by atoms with Gasteiger partial charge in [-0.25, -0.2) is 0 Å². The van der Waals surface area contributed by atoms with E-state index in [0.29, 0.717) is 0 Å². The molecule has 1 heterocycles. The van der Waals surface area contributed by atoms with Crippen LogP contribution >= 0.6 is 0 Å². The van der Waals surface area contributed by atoms with Gasteiger partial charge in [-0.3, -0.25) is 4.98 Å². The van der Waals surface area contributed by atoms with Gasteiger partial charge < -0.3 is 0 Å². The Balaban J connectivity index is 1.88. The number of benzene rings is 2. The maximum atomic E-state index is 4.68. The van der Waals surface area contributed by atoms with Crippen molar-refractivity contribution in [2.75, 3.05) is 0 Å². The van der Waals surface area contributed by atoms with Crippen LogP contribution in [0.1, 0.15) is 42.1 Å². The molecule has 0 fully saturated rings. The molecule has 2 heteroatoms. The van der Waals surface area contributed by atoms with E-state index in [1.807, 2.05) is 6.20 Å². The van der Waals surface area contributed by atoms with Gasteiger partial charge in [0.1, 0.15) is 8.07 Å². The third-order valence-electron chi connectivity index (χ3n) is 4.64. The van der Waals surface area contributed by atoms with E-state index in [9.17, 15) is 0 Å². The number of hydrogen-bond donors (Lipinski definition) is 0. The minimum atomic E-state index is -1.37. The van der Waals surface area contributed by atoms with Gasteiger partial charge in [0.2, 0.25) is 0 Å². The molecule has 0 N–H and O–H groups in total. The van der Waals surface area contributed by atoms with Crippen LogP contribution in [0.15, 0.2) is 54.7 Å². The number of nitrogens with zero attached hydrogens (tertiary/aromatic N) is 1. The monoisotopic (exact) mass is 371 g/mol. The number of pyridine rings is 1. The molecule has 0 aliphatic carbocycles. The van der Waals surface area contributed by atoms with Crippen molar-refractivity contribution in [2.24, 2.45) is 0 Å². The number of unbranched alkanes of at least 4 members (excludes halogenated alkanes) is 1. The van der Waals surface area contributed by atoms with Crippen molar-refractivity contribution in [3.8, 4) is 11.5 Å². The summed E-state index contributed by atoms with van der Waals surface area (Å²) >= 11 is 0. The third-order valence-corrected chi connectivity index (χ3v) is 5.52. The molecule has 2 aromatic carbocycles. The molecule has 0 aliphatic rings. The molecule has 0 bridgehead atoms. The SMILES string of the molecule is CCCCc1ccc(Cc2nccc3ccc(C#C[Si](C)(C)C)cc23)cc1. The Labute approximate surface area is 164 Å².